The molecule has 4 rings (SSSR count). The second-order valence-corrected chi connectivity index (χ2v) is 6.99. The van der Waals surface area contributed by atoms with Crippen molar-refractivity contribution < 1.29 is 19.1 Å². The third-order valence-corrected chi connectivity index (χ3v) is 5.43. The average molecular weight is 351 g/mol. The molecule has 2 fully saturated rings. The number of amides is 2. The number of methoxy groups -OCH3 is 1. The molecule has 0 bridgehead atoms. The van der Waals surface area contributed by atoms with E-state index in [1.54, 1.807) is 0 Å². The van der Waals surface area contributed by atoms with E-state index in [2.05, 4.69) is 10.2 Å². The van der Waals surface area contributed by atoms with Crippen molar-refractivity contribution >= 4 is 29.3 Å². The molecule has 128 valence electrons. The number of hydrogen-bond acceptors (Lipinski definition) is 5. The Morgan fingerprint density at radius 2 is 2.21 bits per heavy atom. The molecular formula is C17H19ClN2O4. The summed E-state index contributed by atoms with van der Waals surface area (Å²) in [6.07, 6.45) is 2.88. The predicted molar refractivity (Wildman–Crippen MR) is 88.6 cm³/mol. The Hall–Kier alpha value is -1.95. The molecule has 2 aliphatic heterocycles. The molecule has 1 aromatic rings. The minimum Gasteiger partial charge on any atom is -0.495 e. The van der Waals surface area contributed by atoms with Crippen molar-refractivity contribution in [1.29, 1.82) is 0 Å². The lowest BCUT2D eigenvalue weighted by Gasteiger charge is -2.33. The summed E-state index contributed by atoms with van der Waals surface area (Å²) in [4.78, 5) is 26.0. The van der Waals surface area contributed by atoms with E-state index >= 15 is 0 Å². The first-order valence-corrected chi connectivity index (χ1v) is 8.62. The highest BCUT2D eigenvalue weighted by Crippen LogP contribution is 2.47. The highest BCUT2D eigenvalue weighted by Gasteiger charge is 2.41. The van der Waals surface area contributed by atoms with Gasteiger partial charge in [-0.2, -0.15) is 0 Å². The van der Waals surface area contributed by atoms with Crippen molar-refractivity contribution in [2.45, 2.75) is 31.8 Å². The number of ether oxygens (including phenoxy) is 2. The van der Waals surface area contributed by atoms with Gasteiger partial charge >= 0.3 is 6.09 Å². The molecule has 2 amide bonds. The summed E-state index contributed by atoms with van der Waals surface area (Å²) in [5.41, 5.74) is 2.59. The molecule has 6 nitrogen and oxygen atoms in total. The molecule has 1 saturated carbocycles. The molecule has 3 aliphatic rings. The third kappa shape index (κ3) is 2.40. The third-order valence-electron chi connectivity index (χ3n) is 5.15. The SMILES string of the molecule is COc1c(Cl)cc2c(c1C1OC(=O)NC1=O)N(CC1CCC1)CC2. The first-order valence-electron chi connectivity index (χ1n) is 8.24. The summed E-state index contributed by atoms with van der Waals surface area (Å²) < 4.78 is 10.7. The van der Waals surface area contributed by atoms with Gasteiger partial charge in [0.25, 0.3) is 5.91 Å². The van der Waals surface area contributed by atoms with Crippen molar-refractivity contribution in [3.8, 4) is 5.75 Å². The molecular weight excluding hydrogens is 332 g/mol. The van der Waals surface area contributed by atoms with Crippen LogP contribution in [0.5, 0.6) is 5.75 Å². The largest absolute Gasteiger partial charge is 0.495 e. The molecule has 7 heteroatoms. The Morgan fingerprint density at radius 3 is 2.79 bits per heavy atom. The Balaban J connectivity index is 1.80. The van der Waals surface area contributed by atoms with Crippen LogP contribution in [-0.4, -0.2) is 32.2 Å². The molecule has 0 spiro atoms. The minimum atomic E-state index is -1.01. The Labute approximate surface area is 145 Å². The Bertz CT molecular complexity index is 717. The fourth-order valence-corrected chi connectivity index (χ4v) is 4.10. The first kappa shape index (κ1) is 15.6. The average Bonchev–Trinajstić information content (AvgIpc) is 3.04. The number of benzene rings is 1. The molecule has 2 heterocycles. The summed E-state index contributed by atoms with van der Waals surface area (Å²) >= 11 is 6.35. The zero-order valence-corrected chi connectivity index (χ0v) is 14.2. The van der Waals surface area contributed by atoms with Crippen molar-refractivity contribution in [2.24, 2.45) is 5.92 Å². The standard InChI is InChI=1S/C17H19ClN2O4/c1-23-14-11(18)7-10-5-6-20(8-9-3-2-4-9)13(10)12(14)15-16(21)19-17(22)24-15/h7,9,15H,2-6,8H2,1H3,(H,19,21,22). The number of rotatable bonds is 4. The first-order chi connectivity index (χ1) is 11.6. The number of nitrogens with zero attached hydrogens (tertiary/aromatic N) is 1. The normalized spacial score (nSPS) is 22.9. The number of nitrogens with one attached hydrogen (secondary N) is 1. The highest BCUT2D eigenvalue weighted by atomic mass is 35.5. The molecule has 24 heavy (non-hydrogen) atoms. The molecule has 1 unspecified atom stereocenters. The highest BCUT2D eigenvalue weighted by molar-refractivity contribution is 6.32. The zero-order valence-electron chi connectivity index (χ0n) is 13.4. The summed E-state index contributed by atoms with van der Waals surface area (Å²) in [5.74, 6) is 0.620. The summed E-state index contributed by atoms with van der Waals surface area (Å²) in [6.45, 7) is 1.83. The van der Waals surface area contributed by atoms with Crippen LogP contribution < -0.4 is 15.0 Å². The maximum atomic E-state index is 12.2. The molecule has 1 aromatic carbocycles. The van der Waals surface area contributed by atoms with Crippen LogP contribution in [-0.2, 0) is 16.0 Å². The summed E-state index contributed by atoms with van der Waals surface area (Å²) in [7, 11) is 1.51. The van der Waals surface area contributed by atoms with Gasteiger partial charge < -0.3 is 14.4 Å². The number of fused-ring (bicyclic) bond motifs is 1. The van der Waals surface area contributed by atoms with Gasteiger partial charge in [0.15, 0.2) is 0 Å². The van der Waals surface area contributed by atoms with E-state index in [1.807, 2.05) is 6.07 Å². The van der Waals surface area contributed by atoms with Crippen LogP contribution in [0.2, 0.25) is 5.02 Å². The lowest BCUT2D eigenvalue weighted by atomic mass is 9.85. The number of anilines is 1. The van der Waals surface area contributed by atoms with Crippen LogP contribution in [0.1, 0.15) is 36.5 Å². The zero-order chi connectivity index (χ0) is 16.8. The van der Waals surface area contributed by atoms with E-state index in [0.717, 1.165) is 30.8 Å². The second-order valence-electron chi connectivity index (χ2n) is 6.58. The van der Waals surface area contributed by atoms with Crippen LogP contribution in [0.3, 0.4) is 0 Å². The van der Waals surface area contributed by atoms with E-state index in [9.17, 15) is 9.59 Å². The van der Waals surface area contributed by atoms with Crippen LogP contribution in [0.25, 0.3) is 0 Å². The van der Waals surface area contributed by atoms with Gasteiger partial charge in [-0.25, -0.2) is 4.79 Å². The number of halogens is 1. The van der Waals surface area contributed by atoms with E-state index in [-0.39, 0.29) is 0 Å². The quantitative estimate of drug-likeness (QED) is 0.904. The lowest BCUT2D eigenvalue weighted by molar-refractivity contribution is -0.123. The van der Waals surface area contributed by atoms with Gasteiger partial charge in [0.1, 0.15) is 5.75 Å². The number of carbonyl (C=O) groups is 2. The molecule has 1 aliphatic carbocycles. The van der Waals surface area contributed by atoms with Gasteiger partial charge in [0.2, 0.25) is 6.10 Å². The predicted octanol–water partition coefficient (Wildman–Crippen LogP) is 2.82. The Morgan fingerprint density at radius 1 is 1.42 bits per heavy atom. The van der Waals surface area contributed by atoms with Gasteiger partial charge in [-0.3, -0.25) is 10.1 Å². The number of imide groups is 1. The van der Waals surface area contributed by atoms with Crippen LogP contribution in [0, 0.1) is 5.92 Å². The van der Waals surface area contributed by atoms with Gasteiger partial charge in [0.05, 0.1) is 23.4 Å². The fraction of sp³-hybridized carbons (Fsp3) is 0.529. The Kier molecular flexibility index (Phi) is 3.79. The van der Waals surface area contributed by atoms with Crippen molar-refractivity contribution in [3.05, 3.63) is 22.2 Å². The van der Waals surface area contributed by atoms with Gasteiger partial charge in [-0.1, -0.05) is 18.0 Å². The fourth-order valence-electron chi connectivity index (χ4n) is 3.79. The lowest BCUT2D eigenvalue weighted by Crippen LogP contribution is -2.32. The van der Waals surface area contributed by atoms with E-state index in [0.29, 0.717) is 22.3 Å². The molecule has 1 saturated heterocycles. The number of cyclic esters (lactones) is 1. The van der Waals surface area contributed by atoms with Crippen LogP contribution in [0.15, 0.2) is 6.07 Å². The van der Waals surface area contributed by atoms with Crippen molar-refractivity contribution in [1.82, 2.24) is 5.32 Å². The second kappa shape index (κ2) is 5.84. The van der Waals surface area contributed by atoms with E-state index in [1.165, 1.54) is 26.4 Å². The van der Waals surface area contributed by atoms with E-state index in [4.69, 9.17) is 21.1 Å². The summed E-state index contributed by atoms with van der Waals surface area (Å²) in [6, 6.07) is 1.90. The molecule has 0 aromatic heterocycles. The van der Waals surface area contributed by atoms with Gasteiger partial charge in [-0.05, 0) is 36.8 Å². The smallest absolute Gasteiger partial charge is 0.415 e. The number of carbonyl (C=O) groups excluding carboxylic acids is 2. The number of hydrogen-bond donors (Lipinski definition) is 1. The molecule has 0 radical (unpaired) electrons. The summed E-state index contributed by atoms with van der Waals surface area (Å²) in [5, 5.41) is 2.63. The maximum Gasteiger partial charge on any atom is 0.415 e. The minimum absolute atomic E-state index is 0.408. The monoisotopic (exact) mass is 350 g/mol. The topological polar surface area (TPSA) is 67.9 Å². The van der Waals surface area contributed by atoms with E-state index < -0.39 is 18.1 Å². The van der Waals surface area contributed by atoms with Gasteiger partial charge in [-0.15, -0.1) is 0 Å². The molecule has 1 atom stereocenters. The van der Waals surface area contributed by atoms with Crippen molar-refractivity contribution in [2.75, 3.05) is 25.1 Å². The molecule has 1 N–H and O–H groups in total. The van der Waals surface area contributed by atoms with Crippen molar-refractivity contribution in [3.63, 3.8) is 0 Å². The van der Waals surface area contributed by atoms with Crippen LogP contribution >= 0.6 is 11.6 Å². The van der Waals surface area contributed by atoms with Gasteiger partial charge in [0, 0.05) is 13.1 Å². The maximum absolute atomic E-state index is 12.2. The van der Waals surface area contributed by atoms with Crippen LogP contribution in [0.4, 0.5) is 10.5 Å². The number of alkyl carbamates (subject to hydrolysis) is 1.